The lowest BCUT2D eigenvalue weighted by Crippen LogP contribution is -2.53. The van der Waals surface area contributed by atoms with Crippen LogP contribution in [-0.2, 0) is 9.53 Å². The summed E-state index contributed by atoms with van der Waals surface area (Å²) in [6.07, 6.45) is 3.16. The molecule has 2 fully saturated rings. The van der Waals surface area contributed by atoms with Crippen LogP contribution in [0, 0.1) is 6.92 Å². The Bertz CT molecular complexity index is 682. The number of carbonyl (C=O) groups is 2. The third-order valence-electron chi connectivity index (χ3n) is 5.39. The molecular weight excluding hydrogens is 366 g/mol. The van der Waals surface area contributed by atoms with Crippen molar-refractivity contribution in [2.45, 2.75) is 58.2 Å². The summed E-state index contributed by atoms with van der Waals surface area (Å²) in [6.45, 7) is 8.03. The van der Waals surface area contributed by atoms with Gasteiger partial charge in [-0.05, 0) is 63.8 Å². The first-order valence-corrected chi connectivity index (χ1v) is 9.55. The lowest BCUT2D eigenvalue weighted by Gasteiger charge is -2.33. The summed E-state index contributed by atoms with van der Waals surface area (Å²) in [4.78, 5) is 27.3. The van der Waals surface area contributed by atoms with Crippen LogP contribution in [0.5, 0.6) is 0 Å². The van der Waals surface area contributed by atoms with Gasteiger partial charge in [0.15, 0.2) is 0 Å². The number of nitrogens with one attached hydrogen (secondary N) is 2. The lowest BCUT2D eigenvalue weighted by molar-refractivity contribution is -0.123. The molecule has 7 heteroatoms. The number of morpholine rings is 1. The second kappa shape index (κ2) is 9.53. The lowest BCUT2D eigenvalue weighted by atomic mass is 10.0. The Morgan fingerprint density at radius 1 is 1.26 bits per heavy atom. The van der Waals surface area contributed by atoms with Crippen LogP contribution in [0.4, 0.5) is 5.69 Å². The molecule has 3 rings (SSSR count). The second-order valence-corrected chi connectivity index (χ2v) is 7.37. The maximum absolute atomic E-state index is 12.8. The van der Waals surface area contributed by atoms with Gasteiger partial charge >= 0.3 is 0 Å². The zero-order valence-corrected chi connectivity index (χ0v) is 17.1. The molecule has 27 heavy (non-hydrogen) atoms. The highest BCUT2D eigenvalue weighted by Crippen LogP contribution is 2.22. The normalized spacial score (nSPS) is 25.4. The molecule has 2 aliphatic rings. The van der Waals surface area contributed by atoms with E-state index in [0.29, 0.717) is 18.7 Å². The first-order chi connectivity index (χ1) is 12.5. The molecule has 150 valence electrons. The van der Waals surface area contributed by atoms with E-state index in [1.54, 1.807) is 6.07 Å². The molecule has 2 aliphatic heterocycles. The van der Waals surface area contributed by atoms with Crippen molar-refractivity contribution in [3.63, 3.8) is 0 Å². The minimum Gasteiger partial charge on any atom is -0.375 e. The maximum atomic E-state index is 12.8. The summed E-state index contributed by atoms with van der Waals surface area (Å²) < 4.78 is 5.53. The highest BCUT2D eigenvalue weighted by Gasteiger charge is 2.29. The van der Waals surface area contributed by atoms with E-state index in [2.05, 4.69) is 17.6 Å². The zero-order valence-electron chi connectivity index (χ0n) is 16.3. The predicted octanol–water partition coefficient (Wildman–Crippen LogP) is 2.75. The number of piperidine rings is 1. The number of hydrogen-bond donors (Lipinski definition) is 2. The van der Waals surface area contributed by atoms with E-state index in [9.17, 15) is 9.59 Å². The predicted molar refractivity (Wildman–Crippen MR) is 109 cm³/mol. The van der Waals surface area contributed by atoms with Gasteiger partial charge in [-0.25, -0.2) is 0 Å². The van der Waals surface area contributed by atoms with Crippen LogP contribution in [0.25, 0.3) is 0 Å². The summed E-state index contributed by atoms with van der Waals surface area (Å²) in [7, 11) is 0. The minimum absolute atomic E-state index is 0. The number of nitrogens with zero attached hydrogens (tertiary/aromatic N) is 1. The van der Waals surface area contributed by atoms with Gasteiger partial charge in [0.1, 0.15) is 6.04 Å². The Morgan fingerprint density at radius 2 is 2.04 bits per heavy atom. The Balaban J connectivity index is 0.00000261. The Kier molecular flexibility index (Phi) is 7.65. The number of anilines is 1. The first kappa shape index (κ1) is 21.7. The molecule has 2 saturated heterocycles. The SMILES string of the molecule is Cc1cc(C(=O)N2CCCCC2C)ccc1NC(=O)[C@H]1NCCO[C@@H]1C.Cl. The van der Waals surface area contributed by atoms with Crippen molar-refractivity contribution in [3.8, 4) is 0 Å². The van der Waals surface area contributed by atoms with Gasteiger partial charge in [0, 0.05) is 30.4 Å². The highest BCUT2D eigenvalue weighted by atomic mass is 35.5. The van der Waals surface area contributed by atoms with E-state index in [1.165, 1.54) is 6.42 Å². The molecule has 6 nitrogen and oxygen atoms in total. The molecule has 2 N–H and O–H groups in total. The highest BCUT2D eigenvalue weighted by molar-refractivity contribution is 5.98. The van der Waals surface area contributed by atoms with Crippen LogP contribution in [0.15, 0.2) is 18.2 Å². The van der Waals surface area contributed by atoms with Gasteiger partial charge in [-0.2, -0.15) is 0 Å². The Morgan fingerprint density at radius 3 is 2.70 bits per heavy atom. The van der Waals surface area contributed by atoms with Crippen molar-refractivity contribution in [3.05, 3.63) is 29.3 Å². The van der Waals surface area contributed by atoms with E-state index in [1.807, 2.05) is 30.9 Å². The minimum atomic E-state index is -0.362. The number of aryl methyl sites for hydroxylation is 1. The molecule has 1 aromatic carbocycles. The van der Waals surface area contributed by atoms with Crippen molar-refractivity contribution >= 4 is 29.9 Å². The van der Waals surface area contributed by atoms with Crippen molar-refractivity contribution in [1.82, 2.24) is 10.2 Å². The smallest absolute Gasteiger partial charge is 0.254 e. The van der Waals surface area contributed by atoms with E-state index >= 15 is 0 Å². The third kappa shape index (κ3) is 5.00. The van der Waals surface area contributed by atoms with Crippen LogP contribution in [0.1, 0.15) is 49.0 Å². The van der Waals surface area contributed by atoms with Crippen LogP contribution in [0.3, 0.4) is 0 Å². The average Bonchev–Trinajstić information content (AvgIpc) is 2.63. The van der Waals surface area contributed by atoms with Crippen LogP contribution < -0.4 is 10.6 Å². The maximum Gasteiger partial charge on any atom is 0.254 e. The van der Waals surface area contributed by atoms with Crippen LogP contribution in [0.2, 0.25) is 0 Å². The van der Waals surface area contributed by atoms with E-state index in [0.717, 1.165) is 30.6 Å². The summed E-state index contributed by atoms with van der Waals surface area (Å²) in [6, 6.07) is 5.42. The number of amides is 2. The molecule has 2 amide bonds. The molecule has 0 aliphatic carbocycles. The first-order valence-electron chi connectivity index (χ1n) is 9.55. The number of likely N-dealkylation sites (tertiary alicyclic amines) is 1. The van der Waals surface area contributed by atoms with Gasteiger partial charge in [-0.3, -0.25) is 9.59 Å². The monoisotopic (exact) mass is 395 g/mol. The standard InChI is InChI=1S/C20H29N3O3.ClH/c1-13-12-16(20(25)23-10-5-4-6-14(23)2)7-8-17(13)22-19(24)18-15(3)26-11-9-21-18;/h7-8,12,14-15,18,21H,4-6,9-11H2,1-3H3,(H,22,24);1H/t14?,15-,18+;/m1./s1. The number of halogens is 1. The quantitative estimate of drug-likeness (QED) is 0.825. The fourth-order valence-electron chi connectivity index (χ4n) is 3.74. The number of rotatable bonds is 3. The van der Waals surface area contributed by atoms with Crippen molar-refractivity contribution < 1.29 is 14.3 Å². The van der Waals surface area contributed by atoms with Crippen molar-refractivity contribution in [1.29, 1.82) is 0 Å². The molecule has 0 aromatic heterocycles. The van der Waals surface area contributed by atoms with Gasteiger partial charge < -0.3 is 20.3 Å². The number of ether oxygens (including phenoxy) is 1. The van der Waals surface area contributed by atoms with Gasteiger partial charge in [0.25, 0.3) is 5.91 Å². The Hall–Kier alpha value is -1.63. The fraction of sp³-hybridized carbons (Fsp3) is 0.600. The van der Waals surface area contributed by atoms with E-state index < -0.39 is 0 Å². The van der Waals surface area contributed by atoms with Gasteiger partial charge in [0.2, 0.25) is 5.91 Å². The number of carbonyl (C=O) groups excluding carboxylic acids is 2. The Labute approximate surface area is 167 Å². The molecule has 0 saturated carbocycles. The second-order valence-electron chi connectivity index (χ2n) is 7.37. The summed E-state index contributed by atoms with van der Waals surface area (Å²) in [5.74, 6) is -0.0295. The fourth-order valence-corrected chi connectivity index (χ4v) is 3.74. The van der Waals surface area contributed by atoms with Gasteiger partial charge in [-0.15, -0.1) is 12.4 Å². The number of hydrogen-bond acceptors (Lipinski definition) is 4. The molecular formula is C20H30ClN3O3. The zero-order chi connectivity index (χ0) is 18.7. The largest absolute Gasteiger partial charge is 0.375 e. The summed E-state index contributed by atoms with van der Waals surface area (Å²) >= 11 is 0. The number of benzene rings is 1. The van der Waals surface area contributed by atoms with Crippen LogP contribution in [-0.4, -0.2) is 54.6 Å². The molecule has 0 radical (unpaired) electrons. The molecule has 1 aromatic rings. The summed E-state index contributed by atoms with van der Waals surface area (Å²) in [5.41, 5.74) is 2.30. The topological polar surface area (TPSA) is 70.7 Å². The van der Waals surface area contributed by atoms with Crippen molar-refractivity contribution in [2.24, 2.45) is 0 Å². The molecule has 0 spiro atoms. The van der Waals surface area contributed by atoms with Gasteiger partial charge in [0.05, 0.1) is 12.7 Å². The molecule has 1 unspecified atom stereocenters. The van der Waals surface area contributed by atoms with Gasteiger partial charge in [-0.1, -0.05) is 0 Å². The molecule has 0 bridgehead atoms. The van der Waals surface area contributed by atoms with Crippen LogP contribution >= 0.6 is 12.4 Å². The van der Waals surface area contributed by atoms with E-state index in [4.69, 9.17) is 4.74 Å². The molecule has 2 heterocycles. The average molecular weight is 396 g/mol. The summed E-state index contributed by atoms with van der Waals surface area (Å²) in [5, 5.41) is 6.15. The van der Waals surface area contributed by atoms with Crippen molar-refractivity contribution in [2.75, 3.05) is 25.0 Å². The molecule has 3 atom stereocenters. The van der Waals surface area contributed by atoms with E-state index in [-0.39, 0.29) is 42.4 Å². The third-order valence-corrected chi connectivity index (χ3v) is 5.39.